The Balaban J connectivity index is 1.75. The fourth-order valence-electron chi connectivity index (χ4n) is 1.81. The smallest absolute Gasteiger partial charge is 0.203 e. The van der Waals surface area contributed by atoms with Crippen LogP contribution in [-0.4, -0.2) is 21.0 Å². The van der Waals surface area contributed by atoms with Gasteiger partial charge in [-0.1, -0.05) is 35.5 Å². The van der Waals surface area contributed by atoms with Gasteiger partial charge in [-0.2, -0.15) is 5.10 Å². The van der Waals surface area contributed by atoms with Crippen LogP contribution in [0, 0.1) is 6.92 Å². The zero-order valence-electron chi connectivity index (χ0n) is 11.6. The van der Waals surface area contributed by atoms with Gasteiger partial charge in [0.25, 0.3) is 0 Å². The molecule has 106 valence electrons. The van der Waals surface area contributed by atoms with Crippen LogP contribution >= 0.6 is 11.3 Å². The van der Waals surface area contributed by atoms with E-state index in [1.807, 2.05) is 49.6 Å². The number of nitrogens with one attached hydrogen (secondary N) is 1. The molecular weight excluding hydrogens is 286 g/mol. The minimum absolute atomic E-state index is 0.641. The van der Waals surface area contributed by atoms with E-state index in [1.165, 1.54) is 11.3 Å². The molecule has 0 fully saturated rings. The molecule has 0 bridgehead atoms. The monoisotopic (exact) mass is 299 g/mol. The number of anilines is 1. The Morgan fingerprint density at radius 3 is 2.76 bits per heavy atom. The Morgan fingerprint density at radius 1 is 1.24 bits per heavy atom. The van der Waals surface area contributed by atoms with E-state index in [0.29, 0.717) is 17.1 Å². The van der Waals surface area contributed by atoms with E-state index in [0.717, 1.165) is 16.4 Å². The van der Waals surface area contributed by atoms with E-state index in [1.54, 1.807) is 0 Å². The van der Waals surface area contributed by atoms with E-state index in [-0.39, 0.29) is 0 Å². The summed E-state index contributed by atoms with van der Waals surface area (Å²) < 4.78 is 4.66. The van der Waals surface area contributed by atoms with Crippen LogP contribution in [0.1, 0.15) is 18.3 Å². The average Bonchev–Trinajstić information content (AvgIpc) is 3.15. The first-order chi connectivity index (χ1) is 10.2. The SMILES string of the molecule is C/C(=N\Nc1nc(-c2ccccc2)cs1)c1nonc1C. The maximum absolute atomic E-state index is 4.66. The van der Waals surface area contributed by atoms with Gasteiger partial charge in [-0.3, -0.25) is 5.43 Å². The van der Waals surface area contributed by atoms with Crippen LogP contribution in [0.5, 0.6) is 0 Å². The molecule has 0 aliphatic rings. The Morgan fingerprint density at radius 2 is 2.05 bits per heavy atom. The molecule has 0 spiro atoms. The van der Waals surface area contributed by atoms with Gasteiger partial charge < -0.3 is 0 Å². The van der Waals surface area contributed by atoms with E-state index in [9.17, 15) is 0 Å². The maximum Gasteiger partial charge on any atom is 0.203 e. The van der Waals surface area contributed by atoms with Crippen molar-refractivity contribution >= 4 is 22.2 Å². The van der Waals surface area contributed by atoms with Crippen LogP contribution in [0.15, 0.2) is 45.4 Å². The second kappa shape index (κ2) is 5.84. The lowest BCUT2D eigenvalue weighted by atomic mass is 10.2. The molecule has 21 heavy (non-hydrogen) atoms. The highest BCUT2D eigenvalue weighted by molar-refractivity contribution is 7.14. The third kappa shape index (κ3) is 2.97. The van der Waals surface area contributed by atoms with Gasteiger partial charge in [-0.15, -0.1) is 11.3 Å². The molecule has 1 aromatic carbocycles. The Hall–Kier alpha value is -2.54. The number of hydrazone groups is 1. The topological polar surface area (TPSA) is 76.2 Å². The normalized spacial score (nSPS) is 11.6. The second-order valence-electron chi connectivity index (χ2n) is 4.41. The molecule has 0 saturated carbocycles. The molecule has 0 radical (unpaired) electrons. The van der Waals surface area contributed by atoms with E-state index in [2.05, 4.69) is 30.5 Å². The van der Waals surface area contributed by atoms with E-state index < -0.39 is 0 Å². The molecule has 3 rings (SSSR count). The lowest BCUT2D eigenvalue weighted by Crippen LogP contribution is -2.01. The minimum Gasteiger partial charge on any atom is -0.252 e. The van der Waals surface area contributed by atoms with Crippen LogP contribution in [-0.2, 0) is 0 Å². The van der Waals surface area contributed by atoms with Crippen molar-refractivity contribution in [3.05, 3.63) is 47.1 Å². The average molecular weight is 299 g/mol. The van der Waals surface area contributed by atoms with Crippen molar-refractivity contribution < 1.29 is 4.63 Å². The summed E-state index contributed by atoms with van der Waals surface area (Å²) >= 11 is 1.50. The second-order valence-corrected chi connectivity index (χ2v) is 5.27. The van der Waals surface area contributed by atoms with Crippen LogP contribution in [0.4, 0.5) is 5.13 Å². The molecule has 2 heterocycles. The van der Waals surface area contributed by atoms with Crippen molar-refractivity contribution in [2.24, 2.45) is 5.10 Å². The molecule has 0 aliphatic heterocycles. The zero-order chi connectivity index (χ0) is 14.7. The Kier molecular flexibility index (Phi) is 3.74. The number of nitrogens with zero attached hydrogens (tertiary/aromatic N) is 4. The first kappa shape index (κ1) is 13.4. The Bertz CT molecular complexity index is 763. The quantitative estimate of drug-likeness (QED) is 0.590. The third-order valence-corrected chi connectivity index (χ3v) is 3.64. The summed E-state index contributed by atoms with van der Waals surface area (Å²) in [7, 11) is 0. The summed E-state index contributed by atoms with van der Waals surface area (Å²) in [6, 6.07) is 10.0. The molecule has 3 aromatic rings. The molecule has 0 atom stereocenters. The number of aromatic nitrogens is 3. The first-order valence-corrected chi connectivity index (χ1v) is 7.23. The Labute approximate surface area is 125 Å². The van der Waals surface area contributed by atoms with Crippen molar-refractivity contribution in [1.29, 1.82) is 0 Å². The molecule has 0 unspecified atom stereocenters. The van der Waals surface area contributed by atoms with Crippen molar-refractivity contribution in [1.82, 2.24) is 15.3 Å². The predicted molar refractivity (Wildman–Crippen MR) is 82.4 cm³/mol. The molecule has 0 aliphatic carbocycles. The number of hydrogen-bond acceptors (Lipinski definition) is 7. The van der Waals surface area contributed by atoms with Gasteiger partial charge in [0, 0.05) is 10.9 Å². The lowest BCUT2D eigenvalue weighted by molar-refractivity contribution is 0.304. The van der Waals surface area contributed by atoms with Gasteiger partial charge in [-0.25, -0.2) is 9.61 Å². The summed E-state index contributed by atoms with van der Waals surface area (Å²) in [5.74, 6) is 0. The van der Waals surface area contributed by atoms with Gasteiger partial charge in [-0.05, 0) is 19.0 Å². The summed E-state index contributed by atoms with van der Waals surface area (Å²) in [5, 5.41) is 14.5. The van der Waals surface area contributed by atoms with Crippen molar-refractivity contribution in [2.45, 2.75) is 13.8 Å². The number of rotatable bonds is 4. The number of aryl methyl sites for hydroxylation is 1. The lowest BCUT2D eigenvalue weighted by Gasteiger charge is -1.97. The number of benzene rings is 1. The predicted octanol–water partition coefficient (Wildman–Crippen LogP) is 3.34. The third-order valence-electron chi connectivity index (χ3n) is 2.89. The van der Waals surface area contributed by atoms with Gasteiger partial charge in [0.2, 0.25) is 5.13 Å². The molecule has 2 aromatic heterocycles. The van der Waals surface area contributed by atoms with Crippen molar-refractivity contribution in [3.8, 4) is 11.3 Å². The summed E-state index contributed by atoms with van der Waals surface area (Å²) in [6.07, 6.45) is 0. The number of thiazole rings is 1. The van der Waals surface area contributed by atoms with Gasteiger partial charge in [0.15, 0.2) is 5.69 Å². The summed E-state index contributed by atoms with van der Waals surface area (Å²) in [4.78, 5) is 4.50. The van der Waals surface area contributed by atoms with E-state index >= 15 is 0 Å². The van der Waals surface area contributed by atoms with Crippen LogP contribution in [0.25, 0.3) is 11.3 Å². The highest BCUT2D eigenvalue weighted by atomic mass is 32.1. The summed E-state index contributed by atoms with van der Waals surface area (Å²) in [5.41, 5.74) is 7.00. The first-order valence-electron chi connectivity index (χ1n) is 6.35. The molecule has 0 saturated heterocycles. The largest absolute Gasteiger partial charge is 0.252 e. The van der Waals surface area contributed by atoms with Gasteiger partial charge >= 0.3 is 0 Å². The highest BCUT2D eigenvalue weighted by Gasteiger charge is 2.09. The standard InChI is InChI=1S/C14H13N5OS/c1-9(13-10(2)18-20-19-13)16-17-14-15-12(8-21-14)11-6-4-3-5-7-11/h3-8H,1-2H3,(H,15,17)/b16-9+. The molecule has 0 amide bonds. The highest BCUT2D eigenvalue weighted by Crippen LogP contribution is 2.24. The molecule has 7 heteroatoms. The minimum atomic E-state index is 0.641. The van der Waals surface area contributed by atoms with Crippen molar-refractivity contribution in [2.75, 3.05) is 5.43 Å². The number of hydrogen-bond donors (Lipinski definition) is 1. The fourth-order valence-corrected chi connectivity index (χ4v) is 2.47. The van der Waals surface area contributed by atoms with Gasteiger partial charge in [0.05, 0.1) is 11.4 Å². The van der Waals surface area contributed by atoms with E-state index in [4.69, 9.17) is 0 Å². The van der Waals surface area contributed by atoms with Crippen LogP contribution in [0.3, 0.4) is 0 Å². The molecule has 1 N–H and O–H groups in total. The van der Waals surface area contributed by atoms with Crippen LogP contribution in [0.2, 0.25) is 0 Å². The maximum atomic E-state index is 4.66. The summed E-state index contributed by atoms with van der Waals surface area (Å²) in [6.45, 7) is 3.66. The molecule has 6 nitrogen and oxygen atoms in total. The van der Waals surface area contributed by atoms with Crippen LogP contribution < -0.4 is 5.43 Å². The molecular formula is C14H13N5OS. The van der Waals surface area contributed by atoms with Gasteiger partial charge in [0.1, 0.15) is 5.69 Å². The zero-order valence-corrected chi connectivity index (χ0v) is 12.4. The fraction of sp³-hybridized carbons (Fsp3) is 0.143. The van der Waals surface area contributed by atoms with Crippen molar-refractivity contribution in [3.63, 3.8) is 0 Å².